The number of carboxylic acids is 1. The fourth-order valence-corrected chi connectivity index (χ4v) is 2.56. The van der Waals surface area contributed by atoms with Gasteiger partial charge in [-0.1, -0.05) is 0 Å². The Labute approximate surface area is 117 Å². The normalized spacial score (nSPS) is 15.3. The maximum Gasteiger partial charge on any atom is 0.356 e. The molecular weight excluding hydrogens is 254 g/mol. The van der Waals surface area contributed by atoms with E-state index in [2.05, 4.69) is 22.0 Å². The van der Waals surface area contributed by atoms with Gasteiger partial charge in [-0.05, 0) is 43.5 Å². The second kappa shape index (κ2) is 5.36. The minimum Gasteiger partial charge on any atom is -0.476 e. The second-order valence-electron chi connectivity index (χ2n) is 5.04. The van der Waals surface area contributed by atoms with E-state index in [4.69, 9.17) is 5.11 Å². The van der Waals surface area contributed by atoms with Crippen LogP contribution in [0.1, 0.15) is 29.8 Å². The third kappa shape index (κ3) is 2.52. The minimum absolute atomic E-state index is 0.0603. The molecule has 0 amide bonds. The molecule has 0 saturated carbocycles. The molecule has 1 aromatic carbocycles. The predicted molar refractivity (Wildman–Crippen MR) is 76.6 cm³/mol. The molecule has 2 heterocycles. The lowest BCUT2D eigenvalue weighted by atomic mass is 10.1. The Morgan fingerprint density at radius 2 is 1.70 bits per heavy atom. The Balaban J connectivity index is 1.79. The Hall–Kier alpha value is -2.30. The summed E-state index contributed by atoms with van der Waals surface area (Å²) in [5.74, 6) is -1.01. The zero-order valence-corrected chi connectivity index (χ0v) is 11.2. The topological polar surface area (TPSA) is 58.4 Å². The van der Waals surface area contributed by atoms with Crippen LogP contribution in [0.5, 0.6) is 0 Å². The highest BCUT2D eigenvalue weighted by molar-refractivity contribution is 5.85. The van der Waals surface area contributed by atoms with Gasteiger partial charge in [0.1, 0.15) is 6.33 Å². The lowest BCUT2D eigenvalue weighted by Crippen LogP contribution is -2.29. The minimum atomic E-state index is -1.01. The van der Waals surface area contributed by atoms with Crippen LogP contribution in [-0.2, 0) is 0 Å². The molecule has 0 aliphatic carbocycles. The molecule has 0 bridgehead atoms. The van der Waals surface area contributed by atoms with Gasteiger partial charge in [-0.3, -0.25) is 0 Å². The molecule has 1 aliphatic heterocycles. The number of hydrogen-bond acceptors (Lipinski definition) is 3. The summed E-state index contributed by atoms with van der Waals surface area (Å²) < 4.78 is 1.73. The van der Waals surface area contributed by atoms with Crippen LogP contribution in [0, 0.1) is 0 Å². The van der Waals surface area contributed by atoms with Gasteiger partial charge in [0, 0.05) is 30.7 Å². The molecule has 2 aromatic rings. The van der Waals surface area contributed by atoms with Crippen molar-refractivity contribution >= 4 is 11.7 Å². The Morgan fingerprint density at radius 1 is 1.05 bits per heavy atom. The van der Waals surface area contributed by atoms with Crippen LogP contribution < -0.4 is 4.90 Å². The van der Waals surface area contributed by atoms with Gasteiger partial charge >= 0.3 is 5.97 Å². The number of hydrogen-bond donors (Lipinski definition) is 1. The van der Waals surface area contributed by atoms with Crippen molar-refractivity contribution in [2.75, 3.05) is 18.0 Å². The zero-order valence-electron chi connectivity index (χ0n) is 11.2. The summed E-state index contributed by atoms with van der Waals surface area (Å²) >= 11 is 0. The van der Waals surface area contributed by atoms with E-state index in [1.165, 1.54) is 37.5 Å². The number of carboxylic acid groups (broad SMARTS) is 1. The summed E-state index contributed by atoms with van der Waals surface area (Å²) in [6, 6.07) is 8.16. The molecule has 1 N–H and O–H groups in total. The molecule has 1 fully saturated rings. The first-order valence-electron chi connectivity index (χ1n) is 6.87. The van der Waals surface area contributed by atoms with E-state index in [0.717, 1.165) is 18.8 Å². The molecule has 1 aromatic heterocycles. The molecule has 0 spiro atoms. The number of benzene rings is 1. The fourth-order valence-electron chi connectivity index (χ4n) is 2.56. The summed E-state index contributed by atoms with van der Waals surface area (Å²) in [6.07, 6.45) is 6.88. The van der Waals surface area contributed by atoms with E-state index in [1.807, 2.05) is 12.1 Å². The van der Waals surface area contributed by atoms with Crippen molar-refractivity contribution in [3.63, 3.8) is 0 Å². The highest BCUT2D eigenvalue weighted by Gasteiger charge is 2.11. The van der Waals surface area contributed by atoms with Gasteiger partial charge in [0.2, 0.25) is 0 Å². The number of nitrogens with zero attached hydrogens (tertiary/aromatic N) is 3. The number of imidazole rings is 1. The average molecular weight is 271 g/mol. The van der Waals surface area contributed by atoms with Crippen molar-refractivity contribution in [2.45, 2.75) is 19.3 Å². The molecule has 0 radical (unpaired) electrons. The first-order chi connectivity index (χ1) is 9.74. The van der Waals surface area contributed by atoms with Crippen molar-refractivity contribution in [1.82, 2.24) is 9.55 Å². The first-order valence-corrected chi connectivity index (χ1v) is 6.87. The van der Waals surface area contributed by atoms with Crippen LogP contribution in [0.4, 0.5) is 5.69 Å². The Morgan fingerprint density at radius 3 is 2.30 bits per heavy atom. The summed E-state index contributed by atoms with van der Waals surface area (Å²) in [4.78, 5) is 17.1. The van der Waals surface area contributed by atoms with E-state index in [0.29, 0.717) is 0 Å². The number of carbonyl (C=O) groups is 1. The van der Waals surface area contributed by atoms with Crippen LogP contribution in [-0.4, -0.2) is 33.7 Å². The SMILES string of the molecule is O=C(O)c1cn(-c2ccc(N3CCCCC3)cc2)cn1. The molecule has 0 atom stereocenters. The van der Waals surface area contributed by atoms with Gasteiger partial charge in [0.25, 0.3) is 0 Å². The van der Waals surface area contributed by atoms with E-state index in [-0.39, 0.29) is 5.69 Å². The van der Waals surface area contributed by atoms with Gasteiger partial charge in [0.05, 0.1) is 0 Å². The summed E-state index contributed by atoms with van der Waals surface area (Å²) in [5, 5.41) is 8.88. The third-order valence-corrected chi connectivity index (χ3v) is 3.67. The number of piperidine rings is 1. The molecule has 5 heteroatoms. The van der Waals surface area contributed by atoms with Crippen LogP contribution in [0.25, 0.3) is 5.69 Å². The zero-order chi connectivity index (χ0) is 13.9. The second-order valence-corrected chi connectivity index (χ2v) is 5.04. The standard InChI is InChI=1S/C15H17N3O2/c19-15(20)14-10-18(11-16-14)13-6-4-12(5-7-13)17-8-2-1-3-9-17/h4-7,10-11H,1-3,8-9H2,(H,19,20). The van der Waals surface area contributed by atoms with Crippen LogP contribution >= 0.6 is 0 Å². The van der Waals surface area contributed by atoms with Crippen LogP contribution in [0.3, 0.4) is 0 Å². The molecule has 3 rings (SSSR count). The number of anilines is 1. The third-order valence-electron chi connectivity index (χ3n) is 3.67. The number of aromatic nitrogens is 2. The first kappa shape index (κ1) is 12.7. The molecule has 1 saturated heterocycles. The molecular formula is C15H17N3O2. The number of rotatable bonds is 3. The lowest BCUT2D eigenvalue weighted by Gasteiger charge is -2.28. The lowest BCUT2D eigenvalue weighted by molar-refractivity contribution is 0.0691. The molecule has 0 unspecified atom stereocenters. The Kier molecular flexibility index (Phi) is 3.41. The van der Waals surface area contributed by atoms with Gasteiger partial charge in [-0.15, -0.1) is 0 Å². The molecule has 1 aliphatic rings. The monoisotopic (exact) mass is 271 g/mol. The summed E-state index contributed by atoms with van der Waals surface area (Å²) in [5.41, 5.74) is 2.21. The van der Waals surface area contributed by atoms with Crippen molar-refractivity contribution in [3.8, 4) is 5.69 Å². The van der Waals surface area contributed by atoms with E-state index in [9.17, 15) is 4.79 Å². The van der Waals surface area contributed by atoms with Crippen molar-refractivity contribution in [3.05, 3.63) is 42.5 Å². The van der Waals surface area contributed by atoms with E-state index < -0.39 is 5.97 Å². The number of aromatic carboxylic acids is 1. The molecule has 5 nitrogen and oxygen atoms in total. The van der Waals surface area contributed by atoms with Gasteiger partial charge in [-0.2, -0.15) is 0 Å². The van der Waals surface area contributed by atoms with Crippen molar-refractivity contribution in [1.29, 1.82) is 0 Å². The molecule has 104 valence electrons. The van der Waals surface area contributed by atoms with Crippen LogP contribution in [0.15, 0.2) is 36.8 Å². The Bertz CT molecular complexity index is 598. The largest absolute Gasteiger partial charge is 0.476 e. The maximum absolute atomic E-state index is 10.8. The van der Waals surface area contributed by atoms with Crippen molar-refractivity contribution in [2.24, 2.45) is 0 Å². The predicted octanol–water partition coefficient (Wildman–Crippen LogP) is 2.56. The average Bonchev–Trinajstić information content (AvgIpc) is 2.98. The summed E-state index contributed by atoms with van der Waals surface area (Å²) in [6.45, 7) is 2.24. The van der Waals surface area contributed by atoms with E-state index in [1.54, 1.807) is 4.57 Å². The highest BCUT2D eigenvalue weighted by Crippen LogP contribution is 2.21. The van der Waals surface area contributed by atoms with Gasteiger partial charge in [0.15, 0.2) is 5.69 Å². The quantitative estimate of drug-likeness (QED) is 0.932. The molecule has 20 heavy (non-hydrogen) atoms. The van der Waals surface area contributed by atoms with Crippen LogP contribution in [0.2, 0.25) is 0 Å². The summed E-state index contributed by atoms with van der Waals surface area (Å²) in [7, 11) is 0. The maximum atomic E-state index is 10.8. The highest BCUT2D eigenvalue weighted by atomic mass is 16.4. The van der Waals surface area contributed by atoms with Gasteiger partial charge < -0.3 is 14.6 Å². The van der Waals surface area contributed by atoms with E-state index >= 15 is 0 Å². The van der Waals surface area contributed by atoms with Gasteiger partial charge in [-0.25, -0.2) is 9.78 Å². The van der Waals surface area contributed by atoms with Crippen molar-refractivity contribution < 1.29 is 9.90 Å². The smallest absolute Gasteiger partial charge is 0.356 e. The fraction of sp³-hybridized carbons (Fsp3) is 0.333.